The van der Waals surface area contributed by atoms with Crippen molar-refractivity contribution in [1.82, 2.24) is 24.3 Å². The van der Waals surface area contributed by atoms with Gasteiger partial charge in [-0.15, -0.1) is 0 Å². The number of aromatic amines is 1. The van der Waals surface area contributed by atoms with E-state index in [1.807, 2.05) is 0 Å². The van der Waals surface area contributed by atoms with Gasteiger partial charge in [-0.3, -0.25) is 14.0 Å². The van der Waals surface area contributed by atoms with Gasteiger partial charge >= 0.3 is 0 Å². The SMILES string of the molecule is Cc1ocnc1C(=O)N1CCCC[C@@H]1c1cc(=O)n2ccnc2[nH]1. The van der Waals surface area contributed by atoms with Crippen molar-refractivity contribution >= 4 is 11.7 Å². The summed E-state index contributed by atoms with van der Waals surface area (Å²) >= 11 is 0. The summed E-state index contributed by atoms with van der Waals surface area (Å²) in [6.45, 7) is 2.34. The van der Waals surface area contributed by atoms with Gasteiger partial charge in [-0.2, -0.15) is 0 Å². The van der Waals surface area contributed by atoms with Gasteiger partial charge in [0.05, 0.1) is 6.04 Å². The predicted molar refractivity (Wildman–Crippen MR) is 84.7 cm³/mol. The lowest BCUT2D eigenvalue weighted by molar-refractivity contribution is 0.0599. The summed E-state index contributed by atoms with van der Waals surface area (Å²) < 4.78 is 6.60. The molecule has 0 spiro atoms. The van der Waals surface area contributed by atoms with Crippen LogP contribution in [0.25, 0.3) is 5.78 Å². The average molecular weight is 327 g/mol. The highest BCUT2D eigenvalue weighted by atomic mass is 16.3. The Balaban J connectivity index is 1.74. The molecule has 8 heteroatoms. The van der Waals surface area contributed by atoms with Crippen molar-refractivity contribution in [2.75, 3.05) is 6.54 Å². The number of amides is 1. The first-order chi connectivity index (χ1) is 11.6. The van der Waals surface area contributed by atoms with Crippen LogP contribution < -0.4 is 5.56 Å². The van der Waals surface area contributed by atoms with Gasteiger partial charge in [0.2, 0.25) is 5.78 Å². The van der Waals surface area contributed by atoms with Crippen LogP contribution in [0.1, 0.15) is 47.2 Å². The van der Waals surface area contributed by atoms with Crippen LogP contribution in [0.3, 0.4) is 0 Å². The van der Waals surface area contributed by atoms with E-state index < -0.39 is 0 Å². The first-order valence-electron chi connectivity index (χ1n) is 7.92. The number of fused-ring (bicyclic) bond motifs is 1. The molecule has 1 atom stereocenters. The van der Waals surface area contributed by atoms with Gasteiger partial charge in [0.25, 0.3) is 11.5 Å². The summed E-state index contributed by atoms with van der Waals surface area (Å²) in [7, 11) is 0. The van der Waals surface area contributed by atoms with Crippen molar-refractivity contribution in [2.24, 2.45) is 0 Å². The van der Waals surface area contributed by atoms with Gasteiger partial charge in [-0.25, -0.2) is 9.97 Å². The van der Waals surface area contributed by atoms with Crippen LogP contribution in [0.4, 0.5) is 0 Å². The number of nitrogens with zero attached hydrogens (tertiary/aromatic N) is 4. The minimum atomic E-state index is -0.197. The van der Waals surface area contributed by atoms with E-state index in [1.54, 1.807) is 30.3 Å². The number of H-pyrrole nitrogens is 1. The number of aryl methyl sites for hydroxylation is 1. The second-order valence-corrected chi connectivity index (χ2v) is 5.95. The molecule has 3 aromatic heterocycles. The maximum atomic E-state index is 12.9. The summed E-state index contributed by atoms with van der Waals surface area (Å²) in [4.78, 5) is 38.2. The lowest BCUT2D eigenvalue weighted by Gasteiger charge is -2.35. The quantitative estimate of drug-likeness (QED) is 0.772. The Kier molecular flexibility index (Phi) is 3.44. The predicted octanol–water partition coefficient (Wildman–Crippen LogP) is 1.69. The number of piperidine rings is 1. The number of imidazole rings is 1. The van der Waals surface area contributed by atoms with E-state index in [2.05, 4.69) is 15.0 Å². The summed E-state index contributed by atoms with van der Waals surface area (Å²) in [6.07, 6.45) is 7.17. The second kappa shape index (κ2) is 5.63. The third-order valence-electron chi connectivity index (χ3n) is 4.48. The smallest absolute Gasteiger partial charge is 0.276 e. The lowest BCUT2D eigenvalue weighted by Crippen LogP contribution is -2.39. The number of hydrogen-bond donors (Lipinski definition) is 1. The van der Waals surface area contributed by atoms with Crippen LogP contribution >= 0.6 is 0 Å². The number of oxazole rings is 1. The Morgan fingerprint density at radius 2 is 2.25 bits per heavy atom. The van der Waals surface area contributed by atoms with Crippen molar-refractivity contribution in [3.8, 4) is 0 Å². The van der Waals surface area contributed by atoms with Gasteiger partial charge in [0, 0.05) is 30.7 Å². The highest BCUT2D eigenvalue weighted by Crippen LogP contribution is 2.31. The maximum absolute atomic E-state index is 12.9. The molecule has 0 saturated carbocycles. The van der Waals surface area contributed by atoms with Crippen molar-refractivity contribution in [2.45, 2.75) is 32.2 Å². The monoisotopic (exact) mass is 327 g/mol. The Morgan fingerprint density at radius 3 is 3.04 bits per heavy atom. The van der Waals surface area contributed by atoms with Gasteiger partial charge in [0.1, 0.15) is 5.76 Å². The van der Waals surface area contributed by atoms with E-state index in [4.69, 9.17) is 4.42 Å². The molecule has 1 N–H and O–H groups in total. The van der Waals surface area contributed by atoms with Gasteiger partial charge in [0.15, 0.2) is 12.1 Å². The molecule has 0 unspecified atom stereocenters. The molecule has 8 nitrogen and oxygen atoms in total. The van der Waals surface area contributed by atoms with E-state index in [0.717, 1.165) is 19.3 Å². The van der Waals surface area contributed by atoms with Gasteiger partial charge in [-0.05, 0) is 26.2 Å². The molecule has 24 heavy (non-hydrogen) atoms. The molecule has 1 amide bonds. The molecule has 1 aliphatic heterocycles. The van der Waals surface area contributed by atoms with Crippen LogP contribution in [-0.4, -0.2) is 36.7 Å². The van der Waals surface area contributed by atoms with E-state index in [1.165, 1.54) is 10.8 Å². The minimum absolute atomic E-state index is 0.160. The first-order valence-corrected chi connectivity index (χ1v) is 7.92. The molecule has 0 aromatic carbocycles. The molecule has 3 aromatic rings. The maximum Gasteiger partial charge on any atom is 0.276 e. The number of carbonyl (C=O) groups excluding carboxylic acids is 1. The van der Waals surface area contributed by atoms with Crippen molar-refractivity contribution in [3.63, 3.8) is 0 Å². The standard InChI is InChI=1S/C16H17N5O3/c1-10-14(18-9-24-10)15(23)20-6-3-2-4-12(20)11-8-13(22)21-7-5-17-16(21)19-11/h5,7-9,12H,2-4,6H2,1H3,(H,17,19)/t12-/m1/s1. The lowest BCUT2D eigenvalue weighted by atomic mass is 9.98. The van der Waals surface area contributed by atoms with Crippen LogP contribution in [-0.2, 0) is 0 Å². The van der Waals surface area contributed by atoms with Crippen LogP contribution in [0.2, 0.25) is 0 Å². The summed E-state index contributed by atoms with van der Waals surface area (Å²) in [5.74, 6) is 0.810. The Bertz CT molecular complexity index is 954. The molecule has 0 radical (unpaired) electrons. The number of nitrogens with one attached hydrogen (secondary N) is 1. The van der Waals surface area contributed by atoms with E-state index in [-0.39, 0.29) is 17.5 Å². The van der Waals surface area contributed by atoms with E-state index in [9.17, 15) is 9.59 Å². The molecular weight excluding hydrogens is 310 g/mol. The molecule has 124 valence electrons. The molecule has 0 aliphatic carbocycles. The number of hydrogen-bond acceptors (Lipinski definition) is 5. The van der Waals surface area contributed by atoms with Crippen molar-refractivity contribution in [3.05, 3.63) is 52.4 Å². The molecule has 4 rings (SSSR count). The topological polar surface area (TPSA) is 96.5 Å². The number of aromatic nitrogens is 4. The van der Waals surface area contributed by atoms with Crippen LogP contribution in [0.15, 0.2) is 34.1 Å². The second-order valence-electron chi connectivity index (χ2n) is 5.95. The summed E-state index contributed by atoms with van der Waals surface area (Å²) in [5, 5.41) is 0. The Hall–Kier alpha value is -2.90. The molecule has 0 bridgehead atoms. The zero-order chi connectivity index (χ0) is 16.7. The summed E-state index contributed by atoms with van der Waals surface area (Å²) in [6, 6.07) is 1.34. The van der Waals surface area contributed by atoms with Crippen LogP contribution in [0.5, 0.6) is 0 Å². The molecule has 1 aliphatic rings. The zero-order valence-electron chi connectivity index (χ0n) is 13.2. The van der Waals surface area contributed by atoms with E-state index in [0.29, 0.717) is 29.5 Å². The first kappa shape index (κ1) is 14.7. The third-order valence-corrected chi connectivity index (χ3v) is 4.48. The van der Waals surface area contributed by atoms with Gasteiger partial charge in [-0.1, -0.05) is 0 Å². The van der Waals surface area contributed by atoms with Crippen molar-refractivity contribution < 1.29 is 9.21 Å². The number of likely N-dealkylation sites (tertiary alicyclic amines) is 1. The largest absolute Gasteiger partial charge is 0.448 e. The van der Waals surface area contributed by atoms with Crippen LogP contribution in [0, 0.1) is 6.92 Å². The average Bonchev–Trinajstić information content (AvgIpc) is 3.23. The molecule has 1 saturated heterocycles. The highest BCUT2D eigenvalue weighted by Gasteiger charge is 2.31. The number of carbonyl (C=O) groups is 1. The fourth-order valence-electron chi connectivity index (χ4n) is 3.27. The van der Waals surface area contributed by atoms with Gasteiger partial charge < -0.3 is 14.3 Å². The third kappa shape index (κ3) is 2.31. The molecule has 4 heterocycles. The fourth-order valence-corrected chi connectivity index (χ4v) is 3.27. The Morgan fingerprint density at radius 1 is 1.38 bits per heavy atom. The summed E-state index contributed by atoms with van der Waals surface area (Å²) in [5.41, 5.74) is 0.867. The van der Waals surface area contributed by atoms with Crippen molar-refractivity contribution in [1.29, 1.82) is 0 Å². The molecular formula is C16H17N5O3. The fraction of sp³-hybridized carbons (Fsp3) is 0.375. The Labute approximate surface area is 137 Å². The van der Waals surface area contributed by atoms with E-state index >= 15 is 0 Å². The number of rotatable bonds is 2. The zero-order valence-corrected chi connectivity index (χ0v) is 13.2. The molecule has 1 fully saturated rings. The normalized spacial score (nSPS) is 18.2. The highest BCUT2D eigenvalue weighted by molar-refractivity contribution is 5.93. The minimum Gasteiger partial charge on any atom is -0.448 e.